The first-order valence-electron chi connectivity index (χ1n) is 6.82. The summed E-state index contributed by atoms with van der Waals surface area (Å²) in [6.07, 6.45) is 0.632. The number of carbonyl (C=O) groups excluding carboxylic acids is 2. The van der Waals surface area contributed by atoms with E-state index in [2.05, 4.69) is 5.32 Å². The Hall–Kier alpha value is -1.83. The zero-order chi connectivity index (χ0) is 16.4. The maximum atomic E-state index is 12.2. The third-order valence-corrected chi connectivity index (χ3v) is 3.01. The largest absolute Gasteiger partial charge is 0.480 e. The van der Waals surface area contributed by atoms with Gasteiger partial charge in [-0.15, -0.1) is 0 Å². The molecule has 0 aliphatic carbocycles. The van der Waals surface area contributed by atoms with Crippen LogP contribution in [0.3, 0.4) is 0 Å². The van der Waals surface area contributed by atoms with Gasteiger partial charge in [-0.05, 0) is 13.3 Å². The van der Waals surface area contributed by atoms with Gasteiger partial charge in [-0.2, -0.15) is 0 Å². The van der Waals surface area contributed by atoms with Gasteiger partial charge >= 0.3 is 12.0 Å². The van der Waals surface area contributed by atoms with E-state index in [9.17, 15) is 14.4 Å². The van der Waals surface area contributed by atoms with E-state index in [0.717, 1.165) is 0 Å². The average Bonchev–Trinajstić information content (AvgIpc) is 2.43. The number of carboxylic acids is 1. The Kier molecular flexibility index (Phi) is 9.11. The fraction of sp³-hybridized carbons (Fsp3) is 0.769. The summed E-state index contributed by atoms with van der Waals surface area (Å²) in [5.41, 5.74) is 0. The molecule has 0 spiro atoms. The van der Waals surface area contributed by atoms with E-state index >= 15 is 0 Å². The molecule has 21 heavy (non-hydrogen) atoms. The highest BCUT2D eigenvalue weighted by Gasteiger charge is 2.25. The number of likely N-dealkylation sites (N-methyl/N-ethyl adjacent to an activating group) is 1. The normalized spacial score (nSPS) is 11.6. The monoisotopic (exact) mass is 303 g/mol. The number of urea groups is 1. The van der Waals surface area contributed by atoms with Crippen LogP contribution in [0.4, 0.5) is 4.79 Å². The van der Waals surface area contributed by atoms with Crippen LogP contribution in [0.25, 0.3) is 0 Å². The number of carbonyl (C=O) groups is 3. The standard InChI is InChI=1S/C13H25N3O5/c1-5-10(2)16(9-12(18)19)13(20)15(3)8-11(17)14-6-7-21-4/h10H,5-9H2,1-4H3,(H,14,17)(H,18,19). The van der Waals surface area contributed by atoms with Gasteiger partial charge in [0.1, 0.15) is 13.1 Å². The first-order valence-corrected chi connectivity index (χ1v) is 6.82. The molecule has 0 aromatic heterocycles. The zero-order valence-electron chi connectivity index (χ0n) is 13.1. The molecule has 3 amide bonds. The number of rotatable bonds is 9. The van der Waals surface area contributed by atoms with Crippen molar-refractivity contribution in [1.29, 1.82) is 0 Å². The van der Waals surface area contributed by atoms with Crippen molar-refractivity contribution in [2.24, 2.45) is 0 Å². The molecule has 8 heteroatoms. The summed E-state index contributed by atoms with van der Waals surface area (Å²) in [7, 11) is 2.99. The molecule has 0 heterocycles. The molecular weight excluding hydrogens is 278 g/mol. The van der Waals surface area contributed by atoms with Crippen LogP contribution in [0.1, 0.15) is 20.3 Å². The minimum absolute atomic E-state index is 0.130. The quantitative estimate of drug-likeness (QED) is 0.583. The van der Waals surface area contributed by atoms with Gasteiger partial charge in [-0.25, -0.2) is 4.79 Å². The number of nitrogens with zero attached hydrogens (tertiary/aromatic N) is 2. The minimum atomic E-state index is -1.08. The predicted molar refractivity (Wildman–Crippen MR) is 77.0 cm³/mol. The third-order valence-electron chi connectivity index (χ3n) is 3.01. The van der Waals surface area contributed by atoms with Crippen molar-refractivity contribution < 1.29 is 24.2 Å². The molecule has 0 saturated carbocycles. The first-order chi connectivity index (χ1) is 9.83. The summed E-state index contributed by atoms with van der Waals surface area (Å²) in [5, 5.41) is 11.5. The SMILES string of the molecule is CCC(C)N(CC(=O)O)C(=O)N(C)CC(=O)NCCOC. The molecule has 1 unspecified atom stereocenters. The van der Waals surface area contributed by atoms with E-state index in [1.807, 2.05) is 6.92 Å². The van der Waals surface area contributed by atoms with Crippen LogP contribution in [0, 0.1) is 0 Å². The van der Waals surface area contributed by atoms with Crippen molar-refractivity contribution >= 4 is 17.9 Å². The molecule has 2 N–H and O–H groups in total. The number of methoxy groups -OCH3 is 1. The van der Waals surface area contributed by atoms with Crippen LogP contribution >= 0.6 is 0 Å². The van der Waals surface area contributed by atoms with Crippen molar-refractivity contribution in [3.63, 3.8) is 0 Å². The van der Waals surface area contributed by atoms with E-state index in [4.69, 9.17) is 9.84 Å². The van der Waals surface area contributed by atoms with E-state index in [1.54, 1.807) is 6.92 Å². The van der Waals surface area contributed by atoms with E-state index in [-0.39, 0.29) is 25.0 Å². The zero-order valence-corrected chi connectivity index (χ0v) is 13.1. The summed E-state index contributed by atoms with van der Waals surface area (Å²) < 4.78 is 4.80. The molecule has 0 aromatic rings. The molecule has 0 aliphatic rings. The lowest BCUT2D eigenvalue weighted by molar-refractivity contribution is -0.138. The van der Waals surface area contributed by atoms with Gasteiger partial charge in [0.2, 0.25) is 5.91 Å². The summed E-state index contributed by atoms with van der Waals surface area (Å²) in [6, 6.07) is -0.693. The van der Waals surface area contributed by atoms with Crippen molar-refractivity contribution in [3.8, 4) is 0 Å². The summed E-state index contributed by atoms with van der Waals surface area (Å²) >= 11 is 0. The van der Waals surface area contributed by atoms with E-state index in [1.165, 1.54) is 24.0 Å². The molecule has 8 nitrogen and oxygen atoms in total. The van der Waals surface area contributed by atoms with Gasteiger partial charge in [0, 0.05) is 26.7 Å². The van der Waals surface area contributed by atoms with Crippen LogP contribution in [-0.4, -0.2) is 79.3 Å². The molecule has 0 aliphatic heterocycles. The predicted octanol–water partition coefficient (Wildman–Crippen LogP) is -0.0141. The smallest absolute Gasteiger partial charge is 0.323 e. The lowest BCUT2D eigenvalue weighted by Crippen LogP contribution is -2.50. The number of nitrogens with one attached hydrogen (secondary N) is 1. The highest BCUT2D eigenvalue weighted by Crippen LogP contribution is 2.07. The van der Waals surface area contributed by atoms with Gasteiger partial charge in [-0.1, -0.05) is 6.92 Å². The maximum Gasteiger partial charge on any atom is 0.323 e. The number of hydrogen-bond donors (Lipinski definition) is 2. The van der Waals surface area contributed by atoms with Crippen molar-refractivity contribution in [3.05, 3.63) is 0 Å². The van der Waals surface area contributed by atoms with Crippen LogP contribution in [-0.2, 0) is 14.3 Å². The Morgan fingerprint density at radius 1 is 1.29 bits per heavy atom. The number of ether oxygens (including phenoxy) is 1. The lowest BCUT2D eigenvalue weighted by Gasteiger charge is -2.31. The van der Waals surface area contributed by atoms with Gasteiger partial charge in [0.25, 0.3) is 0 Å². The van der Waals surface area contributed by atoms with E-state index < -0.39 is 12.0 Å². The lowest BCUT2D eigenvalue weighted by atomic mass is 10.2. The van der Waals surface area contributed by atoms with Crippen LogP contribution in [0.5, 0.6) is 0 Å². The average molecular weight is 303 g/mol. The summed E-state index contributed by atoms with van der Waals surface area (Å²) in [5.74, 6) is -1.40. The molecule has 0 saturated heterocycles. The molecule has 0 aromatic carbocycles. The molecule has 0 bridgehead atoms. The van der Waals surface area contributed by atoms with Crippen LogP contribution in [0.15, 0.2) is 0 Å². The summed E-state index contributed by atoms with van der Waals surface area (Å²) in [4.78, 5) is 37.1. The number of amides is 3. The molecule has 122 valence electrons. The van der Waals surface area contributed by atoms with Crippen molar-refractivity contribution in [2.75, 3.05) is 40.4 Å². The Morgan fingerprint density at radius 3 is 2.38 bits per heavy atom. The Balaban J connectivity index is 4.55. The van der Waals surface area contributed by atoms with Gasteiger partial charge in [-0.3, -0.25) is 9.59 Å². The highest BCUT2D eigenvalue weighted by atomic mass is 16.5. The Bertz CT molecular complexity index is 362. The Labute approximate surface area is 125 Å². The minimum Gasteiger partial charge on any atom is -0.480 e. The maximum absolute atomic E-state index is 12.2. The third kappa shape index (κ3) is 7.50. The van der Waals surface area contributed by atoms with Crippen LogP contribution in [0.2, 0.25) is 0 Å². The number of carboxylic acid groups (broad SMARTS) is 1. The topological polar surface area (TPSA) is 99.2 Å². The molecule has 0 fully saturated rings. The number of hydrogen-bond acceptors (Lipinski definition) is 4. The highest BCUT2D eigenvalue weighted by molar-refractivity contribution is 5.85. The second-order valence-corrected chi connectivity index (χ2v) is 4.76. The number of aliphatic carboxylic acids is 1. The van der Waals surface area contributed by atoms with E-state index in [0.29, 0.717) is 19.6 Å². The fourth-order valence-electron chi connectivity index (χ4n) is 1.63. The second kappa shape index (κ2) is 9.98. The first kappa shape index (κ1) is 19.2. The summed E-state index contributed by atoms with van der Waals surface area (Å²) in [6.45, 7) is 3.87. The van der Waals surface area contributed by atoms with Crippen molar-refractivity contribution in [1.82, 2.24) is 15.1 Å². The fourth-order valence-corrected chi connectivity index (χ4v) is 1.63. The second-order valence-electron chi connectivity index (χ2n) is 4.76. The van der Waals surface area contributed by atoms with Gasteiger partial charge in [0.15, 0.2) is 0 Å². The Morgan fingerprint density at radius 2 is 1.90 bits per heavy atom. The molecule has 1 atom stereocenters. The van der Waals surface area contributed by atoms with Crippen molar-refractivity contribution in [2.45, 2.75) is 26.3 Å². The van der Waals surface area contributed by atoms with Crippen LogP contribution < -0.4 is 5.32 Å². The molecule has 0 radical (unpaired) electrons. The van der Waals surface area contributed by atoms with Gasteiger partial charge < -0.3 is 25.0 Å². The molecular formula is C13H25N3O5. The molecule has 0 rings (SSSR count). The van der Waals surface area contributed by atoms with Gasteiger partial charge in [0.05, 0.1) is 6.61 Å².